The minimum Gasteiger partial charge on any atom is -0.497 e. The smallest absolute Gasteiger partial charge is 0.243 e. The fourth-order valence-electron chi connectivity index (χ4n) is 2.32. The number of aromatic nitrogens is 3. The molecule has 7 nitrogen and oxygen atoms in total. The van der Waals surface area contributed by atoms with Crippen molar-refractivity contribution < 1.29 is 13.2 Å². The van der Waals surface area contributed by atoms with Gasteiger partial charge >= 0.3 is 0 Å². The van der Waals surface area contributed by atoms with Gasteiger partial charge in [-0.25, -0.2) is 13.4 Å². The van der Waals surface area contributed by atoms with Crippen molar-refractivity contribution in [3.8, 4) is 5.75 Å². The summed E-state index contributed by atoms with van der Waals surface area (Å²) in [6.07, 6.45) is 3.12. The van der Waals surface area contributed by atoms with Crippen LogP contribution in [-0.2, 0) is 16.6 Å². The number of methoxy groups -OCH3 is 1. The molecule has 0 amide bonds. The van der Waals surface area contributed by atoms with Crippen molar-refractivity contribution >= 4 is 10.0 Å². The van der Waals surface area contributed by atoms with E-state index >= 15 is 0 Å². The van der Waals surface area contributed by atoms with Crippen LogP contribution in [0.4, 0.5) is 0 Å². The maximum absolute atomic E-state index is 12.4. The molecule has 1 aliphatic heterocycles. The molecule has 0 atom stereocenters. The zero-order valence-electron chi connectivity index (χ0n) is 11.6. The van der Waals surface area contributed by atoms with Crippen molar-refractivity contribution in [2.75, 3.05) is 20.2 Å². The molecule has 3 rings (SSSR count). The largest absolute Gasteiger partial charge is 0.497 e. The van der Waals surface area contributed by atoms with E-state index in [1.807, 2.05) is 0 Å². The van der Waals surface area contributed by atoms with E-state index in [1.54, 1.807) is 42.4 Å². The van der Waals surface area contributed by atoms with Crippen LogP contribution in [0.3, 0.4) is 0 Å². The molecule has 112 valence electrons. The summed E-state index contributed by atoms with van der Waals surface area (Å²) in [6.45, 7) is 1.71. The number of hydrogen-bond acceptors (Lipinski definition) is 5. The Labute approximate surface area is 123 Å². The van der Waals surface area contributed by atoms with E-state index in [0.717, 1.165) is 0 Å². The number of nitrogens with zero attached hydrogens (tertiary/aromatic N) is 4. The Morgan fingerprint density at radius 2 is 2.00 bits per heavy atom. The summed E-state index contributed by atoms with van der Waals surface area (Å²) >= 11 is 0. The van der Waals surface area contributed by atoms with Crippen LogP contribution < -0.4 is 4.74 Å². The first-order chi connectivity index (χ1) is 10.1. The van der Waals surface area contributed by atoms with Crippen LogP contribution in [0.25, 0.3) is 0 Å². The topological polar surface area (TPSA) is 77.3 Å². The lowest BCUT2D eigenvalue weighted by molar-refractivity contribution is 0.174. The molecule has 0 bridgehead atoms. The van der Waals surface area contributed by atoms with E-state index in [0.29, 0.717) is 30.3 Å². The Morgan fingerprint density at radius 1 is 1.29 bits per heavy atom. The lowest BCUT2D eigenvalue weighted by Gasteiger charge is -2.37. The SMILES string of the molecule is COc1ccc(S(=O)(=O)N2CC(Cn3cncn3)C2)cc1. The molecular weight excluding hydrogens is 292 g/mol. The molecule has 0 radical (unpaired) electrons. The third kappa shape index (κ3) is 2.77. The Hall–Kier alpha value is -1.93. The molecule has 21 heavy (non-hydrogen) atoms. The molecular formula is C13H16N4O3S. The maximum Gasteiger partial charge on any atom is 0.243 e. The second kappa shape index (κ2) is 5.45. The number of ether oxygens (including phenoxy) is 1. The number of rotatable bonds is 5. The van der Waals surface area contributed by atoms with Crippen LogP contribution in [0, 0.1) is 5.92 Å². The average molecular weight is 308 g/mol. The highest BCUT2D eigenvalue weighted by molar-refractivity contribution is 7.89. The first kappa shape index (κ1) is 14.0. The fourth-order valence-corrected chi connectivity index (χ4v) is 3.91. The van der Waals surface area contributed by atoms with E-state index in [-0.39, 0.29) is 5.92 Å². The highest BCUT2D eigenvalue weighted by atomic mass is 32.2. The normalized spacial score (nSPS) is 16.6. The van der Waals surface area contributed by atoms with Gasteiger partial charge in [0.25, 0.3) is 0 Å². The van der Waals surface area contributed by atoms with Crippen LogP contribution in [0.15, 0.2) is 41.8 Å². The van der Waals surface area contributed by atoms with E-state index < -0.39 is 10.0 Å². The van der Waals surface area contributed by atoms with E-state index in [2.05, 4.69) is 10.1 Å². The molecule has 8 heteroatoms. The average Bonchev–Trinajstić information content (AvgIpc) is 2.95. The van der Waals surface area contributed by atoms with Gasteiger partial charge in [0.2, 0.25) is 10.0 Å². The van der Waals surface area contributed by atoms with Gasteiger partial charge in [0.15, 0.2) is 0 Å². The first-order valence-corrected chi connectivity index (χ1v) is 8.00. The maximum atomic E-state index is 12.4. The number of hydrogen-bond donors (Lipinski definition) is 0. The Balaban J connectivity index is 1.64. The fraction of sp³-hybridized carbons (Fsp3) is 0.385. The lowest BCUT2D eigenvalue weighted by atomic mass is 10.0. The molecule has 0 saturated carbocycles. The highest BCUT2D eigenvalue weighted by Crippen LogP contribution is 2.26. The summed E-state index contributed by atoms with van der Waals surface area (Å²) in [4.78, 5) is 4.17. The summed E-state index contributed by atoms with van der Waals surface area (Å²) in [5.41, 5.74) is 0. The van der Waals surface area contributed by atoms with Gasteiger partial charge in [-0.15, -0.1) is 0 Å². The predicted octanol–water partition coefficient (Wildman–Crippen LogP) is 0.607. The Kier molecular flexibility index (Phi) is 3.64. The highest BCUT2D eigenvalue weighted by Gasteiger charge is 2.36. The van der Waals surface area contributed by atoms with Crippen LogP contribution >= 0.6 is 0 Å². The van der Waals surface area contributed by atoms with Gasteiger partial charge in [-0.3, -0.25) is 4.68 Å². The summed E-state index contributed by atoms with van der Waals surface area (Å²) in [6, 6.07) is 6.44. The second-order valence-corrected chi connectivity index (χ2v) is 6.92. The first-order valence-electron chi connectivity index (χ1n) is 6.56. The van der Waals surface area contributed by atoms with Crippen molar-refractivity contribution in [3.05, 3.63) is 36.9 Å². The monoisotopic (exact) mass is 308 g/mol. The van der Waals surface area contributed by atoms with Crippen molar-refractivity contribution in [3.63, 3.8) is 0 Å². The zero-order valence-corrected chi connectivity index (χ0v) is 12.4. The van der Waals surface area contributed by atoms with Crippen molar-refractivity contribution in [2.24, 2.45) is 5.92 Å². The zero-order chi connectivity index (χ0) is 14.9. The van der Waals surface area contributed by atoms with Crippen molar-refractivity contribution in [2.45, 2.75) is 11.4 Å². The van der Waals surface area contributed by atoms with Crippen molar-refractivity contribution in [1.29, 1.82) is 0 Å². The van der Waals surface area contributed by atoms with Gasteiger partial charge in [0.05, 0.1) is 12.0 Å². The number of benzene rings is 1. The van der Waals surface area contributed by atoms with Crippen LogP contribution in [0.1, 0.15) is 0 Å². The van der Waals surface area contributed by atoms with Gasteiger partial charge in [0.1, 0.15) is 18.4 Å². The minimum absolute atomic E-state index is 0.278. The molecule has 0 aliphatic carbocycles. The molecule has 0 N–H and O–H groups in total. The third-order valence-electron chi connectivity index (χ3n) is 3.53. The van der Waals surface area contributed by atoms with Gasteiger partial charge < -0.3 is 4.74 Å². The standard InChI is InChI=1S/C13H16N4O3S/c1-20-12-2-4-13(5-3-12)21(18,19)17-7-11(8-17)6-16-10-14-9-15-16/h2-5,9-11H,6-8H2,1H3. The molecule has 0 unspecified atom stereocenters. The number of sulfonamides is 1. The van der Waals surface area contributed by atoms with Crippen LogP contribution in [0.2, 0.25) is 0 Å². The summed E-state index contributed by atoms with van der Waals surface area (Å²) < 4.78 is 33.1. The molecule has 1 fully saturated rings. The quantitative estimate of drug-likeness (QED) is 0.808. The molecule has 1 aromatic heterocycles. The summed E-state index contributed by atoms with van der Waals surface area (Å²) in [7, 11) is -1.86. The van der Waals surface area contributed by atoms with Gasteiger partial charge in [0, 0.05) is 25.6 Å². The molecule has 0 spiro atoms. The summed E-state index contributed by atoms with van der Waals surface area (Å²) in [5.74, 6) is 0.918. The molecule has 1 saturated heterocycles. The third-order valence-corrected chi connectivity index (χ3v) is 5.38. The van der Waals surface area contributed by atoms with E-state index in [1.165, 1.54) is 10.6 Å². The van der Waals surface area contributed by atoms with Crippen LogP contribution in [-0.4, -0.2) is 47.7 Å². The lowest BCUT2D eigenvalue weighted by Crippen LogP contribution is -2.51. The van der Waals surface area contributed by atoms with Gasteiger partial charge in [-0.05, 0) is 24.3 Å². The molecule has 2 heterocycles. The second-order valence-electron chi connectivity index (χ2n) is 4.98. The van der Waals surface area contributed by atoms with E-state index in [4.69, 9.17) is 4.74 Å². The van der Waals surface area contributed by atoms with Gasteiger partial charge in [-0.2, -0.15) is 9.40 Å². The Morgan fingerprint density at radius 3 is 2.57 bits per heavy atom. The van der Waals surface area contributed by atoms with Gasteiger partial charge in [-0.1, -0.05) is 0 Å². The predicted molar refractivity (Wildman–Crippen MR) is 75.3 cm³/mol. The van der Waals surface area contributed by atoms with Crippen molar-refractivity contribution in [1.82, 2.24) is 19.1 Å². The minimum atomic E-state index is -3.41. The summed E-state index contributed by atoms with van der Waals surface area (Å²) in [5, 5.41) is 4.03. The van der Waals surface area contributed by atoms with Crippen LogP contribution in [0.5, 0.6) is 5.75 Å². The molecule has 1 aliphatic rings. The molecule has 2 aromatic rings. The van der Waals surface area contributed by atoms with E-state index in [9.17, 15) is 8.42 Å². The molecule has 1 aromatic carbocycles. The Bertz CT molecular complexity index is 692.